The third-order valence-corrected chi connectivity index (χ3v) is 2.75. The van der Waals surface area contributed by atoms with E-state index in [9.17, 15) is 13.6 Å². The van der Waals surface area contributed by atoms with Crippen molar-refractivity contribution in [2.24, 2.45) is 5.73 Å². The normalized spacial score (nSPS) is 11.6. The SMILES string of the molecule is CC(CN)N(C)C(=O)Cc1ccc(F)cc1F.Cl. The molecule has 0 heterocycles. The van der Waals surface area contributed by atoms with Gasteiger partial charge in [-0.25, -0.2) is 8.78 Å². The number of carbonyl (C=O) groups is 1. The van der Waals surface area contributed by atoms with Gasteiger partial charge in [0.2, 0.25) is 5.91 Å². The first-order valence-corrected chi connectivity index (χ1v) is 5.35. The van der Waals surface area contributed by atoms with Crippen molar-refractivity contribution < 1.29 is 13.6 Å². The average Bonchev–Trinajstić information content (AvgIpc) is 2.30. The van der Waals surface area contributed by atoms with E-state index >= 15 is 0 Å². The number of nitrogens with two attached hydrogens (primary N) is 1. The maximum Gasteiger partial charge on any atom is 0.227 e. The van der Waals surface area contributed by atoms with Crippen LogP contribution in [0.15, 0.2) is 18.2 Å². The summed E-state index contributed by atoms with van der Waals surface area (Å²) >= 11 is 0. The summed E-state index contributed by atoms with van der Waals surface area (Å²) in [5, 5.41) is 0. The predicted octanol–water partition coefficient (Wildman–Crippen LogP) is 1.73. The zero-order valence-electron chi connectivity index (χ0n) is 10.3. The molecule has 0 aromatic heterocycles. The Morgan fingerprint density at radius 3 is 2.56 bits per heavy atom. The molecule has 0 aliphatic carbocycles. The first-order valence-electron chi connectivity index (χ1n) is 5.35. The van der Waals surface area contributed by atoms with Crippen LogP contribution in [0.3, 0.4) is 0 Å². The summed E-state index contributed by atoms with van der Waals surface area (Å²) < 4.78 is 26.0. The van der Waals surface area contributed by atoms with Crippen LogP contribution in [0.1, 0.15) is 12.5 Å². The highest BCUT2D eigenvalue weighted by Crippen LogP contribution is 2.11. The van der Waals surface area contributed by atoms with Gasteiger partial charge in [-0.15, -0.1) is 12.4 Å². The van der Waals surface area contributed by atoms with E-state index in [1.54, 1.807) is 14.0 Å². The lowest BCUT2D eigenvalue weighted by Crippen LogP contribution is -2.40. The first kappa shape index (κ1) is 16.8. The molecule has 0 bridgehead atoms. The van der Waals surface area contributed by atoms with Gasteiger partial charge in [0.1, 0.15) is 11.6 Å². The van der Waals surface area contributed by atoms with E-state index in [1.165, 1.54) is 11.0 Å². The van der Waals surface area contributed by atoms with Gasteiger partial charge in [0, 0.05) is 25.7 Å². The Morgan fingerprint density at radius 1 is 1.44 bits per heavy atom. The maximum atomic E-state index is 13.3. The van der Waals surface area contributed by atoms with Gasteiger partial charge in [0.05, 0.1) is 6.42 Å². The number of carbonyl (C=O) groups excluding carboxylic acids is 1. The van der Waals surface area contributed by atoms with Crippen molar-refractivity contribution >= 4 is 18.3 Å². The Labute approximate surface area is 111 Å². The van der Waals surface area contributed by atoms with Crippen LogP contribution < -0.4 is 5.73 Å². The van der Waals surface area contributed by atoms with E-state index < -0.39 is 11.6 Å². The van der Waals surface area contributed by atoms with E-state index in [0.717, 1.165) is 12.1 Å². The van der Waals surface area contributed by atoms with E-state index in [1.807, 2.05) is 0 Å². The molecule has 1 aromatic carbocycles. The molecule has 1 aromatic rings. The van der Waals surface area contributed by atoms with Crippen molar-refractivity contribution in [1.29, 1.82) is 0 Å². The lowest BCUT2D eigenvalue weighted by atomic mass is 10.1. The molecule has 1 rings (SSSR count). The Kier molecular flexibility index (Phi) is 6.80. The molecule has 2 N–H and O–H groups in total. The van der Waals surface area contributed by atoms with Crippen LogP contribution >= 0.6 is 12.4 Å². The summed E-state index contributed by atoms with van der Waals surface area (Å²) in [4.78, 5) is 13.2. The second kappa shape index (κ2) is 7.28. The lowest BCUT2D eigenvalue weighted by molar-refractivity contribution is -0.130. The van der Waals surface area contributed by atoms with E-state index in [-0.39, 0.29) is 36.3 Å². The van der Waals surface area contributed by atoms with Crippen LogP contribution in [0, 0.1) is 11.6 Å². The van der Waals surface area contributed by atoms with Gasteiger partial charge in [-0.3, -0.25) is 4.79 Å². The van der Waals surface area contributed by atoms with Crippen LogP contribution in [-0.4, -0.2) is 30.4 Å². The number of hydrogen-bond donors (Lipinski definition) is 1. The minimum absolute atomic E-state index is 0. The van der Waals surface area contributed by atoms with Crippen molar-refractivity contribution in [2.75, 3.05) is 13.6 Å². The second-order valence-electron chi connectivity index (χ2n) is 4.00. The van der Waals surface area contributed by atoms with Gasteiger partial charge >= 0.3 is 0 Å². The Balaban J connectivity index is 0.00000289. The van der Waals surface area contributed by atoms with Gasteiger partial charge < -0.3 is 10.6 Å². The highest BCUT2D eigenvalue weighted by molar-refractivity contribution is 5.85. The highest BCUT2D eigenvalue weighted by Gasteiger charge is 2.16. The summed E-state index contributed by atoms with van der Waals surface area (Å²) in [6, 6.07) is 3.09. The molecule has 1 amide bonds. The number of nitrogens with zero attached hydrogens (tertiary/aromatic N) is 1. The zero-order valence-corrected chi connectivity index (χ0v) is 11.1. The summed E-state index contributed by atoms with van der Waals surface area (Å²) in [5.74, 6) is -1.59. The van der Waals surface area contributed by atoms with Gasteiger partial charge in [-0.05, 0) is 18.6 Å². The molecule has 18 heavy (non-hydrogen) atoms. The molecular weight excluding hydrogens is 262 g/mol. The Bertz CT molecular complexity index is 415. The van der Waals surface area contributed by atoms with Crippen LogP contribution in [0.25, 0.3) is 0 Å². The molecule has 1 unspecified atom stereocenters. The third kappa shape index (κ3) is 4.23. The van der Waals surface area contributed by atoms with Crippen LogP contribution in [0.4, 0.5) is 8.78 Å². The molecular formula is C12H17ClF2N2O. The molecule has 0 saturated carbocycles. The smallest absolute Gasteiger partial charge is 0.227 e. The molecule has 0 saturated heterocycles. The fraction of sp³-hybridized carbons (Fsp3) is 0.417. The standard InChI is InChI=1S/C12H16F2N2O.ClH/c1-8(7-15)16(2)12(17)5-9-3-4-10(13)6-11(9)14;/h3-4,6,8H,5,7,15H2,1-2H3;1H. The minimum Gasteiger partial charge on any atom is -0.341 e. The monoisotopic (exact) mass is 278 g/mol. The van der Waals surface area contributed by atoms with Crippen LogP contribution in [-0.2, 0) is 11.2 Å². The molecule has 1 atom stereocenters. The molecule has 0 radical (unpaired) electrons. The summed E-state index contributed by atoms with van der Waals surface area (Å²) in [6.45, 7) is 2.15. The topological polar surface area (TPSA) is 46.3 Å². The van der Waals surface area contributed by atoms with Crippen molar-refractivity contribution in [3.05, 3.63) is 35.4 Å². The number of benzene rings is 1. The molecule has 0 aliphatic heterocycles. The number of rotatable bonds is 4. The Morgan fingerprint density at radius 2 is 2.06 bits per heavy atom. The van der Waals surface area contributed by atoms with Crippen LogP contribution in [0.5, 0.6) is 0 Å². The summed E-state index contributed by atoms with van der Waals surface area (Å²) in [7, 11) is 1.61. The van der Waals surface area contributed by atoms with Gasteiger partial charge in [0.15, 0.2) is 0 Å². The molecule has 6 heteroatoms. The molecule has 0 aliphatic rings. The van der Waals surface area contributed by atoms with Crippen molar-refractivity contribution in [2.45, 2.75) is 19.4 Å². The number of likely N-dealkylation sites (N-methyl/N-ethyl adjacent to an activating group) is 1. The molecule has 102 valence electrons. The minimum atomic E-state index is -0.702. The quantitative estimate of drug-likeness (QED) is 0.912. The van der Waals surface area contributed by atoms with Gasteiger partial charge in [-0.1, -0.05) is 6.07 Å². The zero-order chi connectivity index (χ0) is 13.0. The predicted molar refractivity (Wildman–Crippen MR) is 68.6 cm³/mol. The number of hydrogen-bond acceptors (Lipinski definition) is 2. The van der Waals surface area contributed by atoms with Crippen molar-refractivity contribution in [1.82, 2.24) is 4.90 Å². The number of halogens is 3. The van der Waals surface area contributed by atoms with E-state index in [4.69, 9.17) is 5.73 Å². The van der Waals surface area contributed by atoms with Crippen LogP contribution in [0.2, 0.25) is 0 Å². The first-order chi connectivity index (χ1) is 7.95. The molecule has 0 fully saturated rings. The largest absolute Gasteiger partial charge is 0.341 e. The fourth-order valence-corrected chi connectivity index (χ4v) is 1.36. The van der Waals surface area contributed by atoms with Gasteiger partial charge in [0.25, 0.3) is 0 Å². The fourth-order valence-electron chi connectivity index (χ4n) is 1.36. The van der Waals surface area contributed by atoms with Crippen molar-refractivity contribution in [3.63, 3.8) is 0 Å². The van der Waals surface area contributed by atoms with Crippen molar-refractivity contribution in [3.8, 4) is 0 Å². The van der Waals surface area contributed by atoms with Gasteiger partial charge in [-0.2, -0.15) is 0 Å². The summed E-state index contributed by atoms with van der Waals surface area (Å²) in [5.41, 5.74) is 5.62. The summed E-state index contributed by atoms with van der Waals surface area (Å²) in [6.07, 6.45) is -0.0903. The number of amides is 1. The average molecular weight is 279 g/mol. The van der Waals surface area contributed by atoms with E-state index in [2.05, 4.69) is 0 Å². The Hall–Kier alpha value is -1.20. The highest BCUT2D eigenvalue weighted by atomic mass is 35.5. The lowest BCUT2D eigenvalue weighted by Gasteiger charge is -2.23. The molecule has 3 nitrogen and oxygen atoms in total. The molecule has 0 spiro atoms. The van der Waals surface area contributed by atoms with E-state index in [0.29, 0.717) is 6.54 Å². The third-order valence-electron chi connectivity index (χ3n) is 2.75. The maximum absolute atomic E-state index is 13.3. The second-order valence-corrected chi connectivity index (χ2v) is 4.00.